The van der Waals surface area contributed by atoms with Crippen LogP contribution in [0.25, 0.3) is 0 Å². The van der Waals surface area contributed by atoms with Gasteiger partial charge < -0.3 is 10.1 Å². The van der Waals surface area contributed by atoms with Crippen molar-refractivity contribution < 1.29 is 35.9 Å². The first-order valence-corrected chi connectivity index (χ1v) is 5.94. The molecule has 0 saturated carbocycles. The summed E-state index contributed by atoms with van der Waals surface area (Å²) in [5.41, 5.74) is -3.09. The normalized spacial score (nSPS) is 13.0. The van der Waals surface area contributed by atoms with Gasteiger partial charge in [0.25, 0.3) is 0 Å². The van der Waals surface area contributed by atoms with Gasteiger partial charge >= 0.3 is 18.3 Å². The van der Waals surface area contributed by atoms with E-state index in [0.29, 0.717) is 12.1 Å². The van der Waals surface area contributed by atoms with Crippen LogP contribution in [-0.2, 0) is 15.7 Å². The van der Waals surface area contributed by atoms with Crippen molar-refractivity contribution in [2.24, 2.45) is 0 Å². The predicted molar refractivity (Wildman–Crippen MR) is 65.8 cm³/mol. The van der Waals surface area contributed by atoms with Gasteiger partial charge in [-0.3, -0.25) is 0 Å². The molecule has 0 aliphatic heterocycles. The number of hydrogen-bond donors (Lipinski definition) is 1. The van der Waals surface area contributed by atoms with E-state index in [1.54, 1.807) is 5.32 Å². The van der Waals surface area contributed by atoms with Gasteiger partial charge in [-0.1, -0.05) is 6.07 Å². The van der Waals surface area contributed by atoms with Crippen molar-refractivity contribution >= 4 is 11.7 Å². The molecule has 0 bridgehead atoms. The second kappa shape index (κ2) is 6.71. The molecule has 3 nitrogen and oxygen atoms in total. The molecular formula is C13H11F6NO2. The molecule has 0 unspecified atom stereocenters. The lowest BCUT2D eigenvalue weighted by molar-refractivity contribution is -0.138. The van der Waals surface area contributed by atoms with Gasteiger partial charge in [0.2, 0.25) is 0 Å². The highest BCUT2D eigenvalue weighted by molar-refractivity contribution is 5.83. The van der Waals surface area contributed by atoms with Crippen LogP contribution in [0, 0.1) is 0 Å². The van der Waals surface area contributed by atoms with Gasteiger partial charge in [-0.25, -0.2) is 4.79 Å². The first-order chi connectivity index (χ1) is 10.0. The van der Waals surface area contributed by atoms with E-state index in [4.69, 9.17) is 0 Å². The molecule has 0 fully saturated rings. The smallest absolute Gasteiger partial charge is 0.431 e. The van der Waals surface area contributed by atoms with Gasteiger partial charge in [-0.05, 0) is 25.1 Å². The third-order valence-electron chi connectivity index (χ3n) is 2.32. The molecule has 9 heteroatoms. The number of alkyl halides is 6. The summed E-state index contributed by atoms with van der Waals surface area (Å²) in [6.45, 7) is 1.27. The maximum Gasteiger partial charge on any atom is 0.431 e. The van der Waals surface area contributed by atoms with Crippen molar-refractivity contribution in [3.63, 3.8) is 0 Å². The van der Waals surface area contributed by atoms with E-state index in [2.05, 4.69) is 4.74 Å². The van der Waals surface area contributed by atoms with Crippen LogP contribution in [0.15, 0.2) is 36.0 Å². The van der Waals surface area contributed by atoms with Crippen molar-refractivity contribution in [3.8, 4) is 0 Å². The Morgan fingerprint density at radius 2 is 1.86 bits per heavy atom. The highest BCUT2D eigenvalue weighted by Gasteiger charge is 2.36. The third-order valence-corrected chi connectivity index (χ3v) is 2.32. The van der Waals surface area contributed by atoms with Gasteiger partial charge in [-0.15, -0.1) is 0 Å². The fourth-order valence-electron chi connectivity index (χ4n) is 1.42. The number of hydrogen-bond acceptors (Lipinski definition) is 3. The molecule has 0 aromatic heterocycles. The van der Waals surface area contributed by atoms with Gasteiger partial charge in [0.05, 0.1) is 18.2 Å². The summed E-state index contributed by atoms with van der Waals surface area (Å²) in [6, 6.07) is 3.18. The molecule has 0 saturated heterocycles. The fourth-order valence-corrected chi connectivity index (χ4v) is 1.42. The number of anilines is 1. The minimum atomic E-state index is -4.96. The highest BCUT2D eigenvalue weighted by Crippen LogP contribution is 2.32. The maximum absolute atomic E-state index is 12.8. The molecule has 122 valence electrons. The van der Waals surface area contributed by atoms with Crippen LogP contribution in [0.2, 0.25) is 0 Å². The number of carbonyl (C=O) groups excluding carboxylic acids is 1. The number of nitrogens with one attached hydrogen (secondary N) is 1. The fraction of sp³-hybridized carbons (Fsp3) is 0.308. The Morgan fingerprint density at radius 1 is 1.23 bits per heavy atom. The highest BCUT2D eigenvalue weighted by atomic mass is 19.4. The van der Waals surface area contributed by atoms with E-state index in [0.717, 1.165) is 12.1 Å². The van der Waals surface area contributed by atoms with Crippen LogP contribution < -0.4 is 5.32 Å². The van der Waals surface area contributed by atoms with Crippen LogP contribution in [-0.4, -0.2) is 18.8 Å². The molecular weight excluding hydrogens is 316 g/mol. The monoisotopic (exact) mass is 327 g/mol. The van der Waals surface area contributed by atoms with E-state index in [1.165, 1.54) is 6.92 Å². The Balaban J connectivity index is 3.08. The average molecular weight is 327 g/mol. The van der Waals surface area contributed by atoms with Gasteiger partial charge in [-0.2, -0.15) is 26.3 Å². The van der Waals surface area contributed by atoms with E-state index in [-0.39, 0.29) is 12.7 Å². The Labute approximate surface area is 121 Å². The first-order valence-electron chi connectivity index (χ1n) is 5.94. The van der Waals surface area contributed by atoms with Crippen molar-refractivity contribution in [2.75, 3.05) is 11.9 Å². The minimum absolute atomic E-state index is 0.135. The first kappa shape index (κ1) is 17.9. The molecule has 0 atom stereocenters. The molecule has 0 amide bonds. The number of halogens is 6. The summed E-state index contributed by atoms with van der Waals surface area (Å²) in [5.74, 6) is -1.26. The quantitative estimate of drug-likeness (QED) is 0.513. The molecule has 0 aliphatic rings. The summed E-state index contributed by atoms with van der Waals surface area (Å²) in [4.78, 5) is 11.1. The molecule has 0 aliphatic carbocycles. The van der Waals surface area contributed by atoms with Crippen LogP contribution >= 0.6 is 0 Å². The molecule has 1 aromatic carbocycles. The van der Waals surface area contributed by atoms with Crippen molar-refractivity contribution in [2.45, 2.75) is 19.3 Å². The Hall–Kier alpha value is -2.19. The molecule has 0 radical (unpaired) electrons. The molecule has 22 heavy (non-hydrogen) atoms. The molecule has 1 rings (SSSR count). The summed E-state index contributed by atoms with van der Waals surface area (Å²) in [7, 11) is 0. The van der Waals surface area contributed by atoms with Crippen molar-refractivity contribution in [3.05, 3.63) is 41.6 Å². The summed E-state index contributed by atoms with van der Waals surface area (Å²) < 4.78 is 80.2. The standard InChI is InChI=1S/C13H11F6NO2/c1-2-22-11(21)7-10(13(17,18)19)20-9-5-3-4-8(6-9)12(14,15)16/h3-7,20H,2H2,1H3/b10-7+. The number of rotatable bonds is 4. The zero-order valence-electron chi connectivity index (χ0n) is 11.2. The van der Waals surface area contributed by atoms with Gasteiger partial charge in [0, 0.05) is 5.69 Å². The van der Waals surface area contributed by atoms with E-state index < -0.39 is 35.3 Å². The van der Waals surface area contributed by atoms with Crippen LogP contribution in [0.1, 0.15) is 12.5 Å². The van der Waals surface area contributed by atoms with Gasteiger partial charge in [0.15, 0.2) is 0 Å². The van der Waals surface area contributed by atoms with Crippen molar-refractivity contribution in [1.29, 1.82) is 0 Å². The largest absolute Gasteiger partial charge is 0.463 e. The summed E-state index contributed by atoms with van der Waals surface area (Å²) in [5, 5.41) is 1.76. The topological polar surface area (TPSA) is 38.3 Å². The molecule has 0 spiro atoms. The lowest BCUT2D eigenvalue weighted by Crippen LogP contribution is -2.21. The van der Waals surface area contributed by atoms with E-state index in [9.17, 15) is 31.1 Å². The molecule has 1 aromatic rings. The van der Waals surface area contributed by atoms with Gasteiger partial charge in [0.1, 0.15) is 5.70 Å². The van der Waals surface area contributed by atoms with Crippen LogP contribution in [0.4, 0.5) is 32.0 Å². The maximum atomic E-state index is 12.8. The minimum Gasteiger partial charge on any atom is -0.463 e. The van der Waals surface area contributed by atoms with Crippen molar-refractivity contribution in [1.82, 2.24) is 0 Å². The Kier molecular flexibility index (Phi) is 5.45. The second-order valence-electron chi connectivity index (χ2n) is 4.01. The number of ether oxygens (including phenoxy) is 1. The number of carbonyl (C=O) groups is 1. The molecule has 0 heterocycles. The summed E-state index contributed by atoms with van der Waals surface area (Å²) in [6.07, 6.45) is -9.51. The van der Waals surface area contributed by atoms with Crippen LogP contribution in [0.3, 0.4) is 0 Å². The molecule has 1 N–H and O–H groups in total. The summed E-state index contributed by atoms with van der Waals surface area (Å²) >= 11 is 0. The lowest BCUT2D eigenvalue weighted by Gasteiger charge is -2.15. The lowest BCUT2D eigenvalue weighted by atomic mass is 10.2. The Bertz CT molecular complexity index is 562. The van der Waals surface area contributed by atoms with E-state index in [1.807, 2.05) is 0 Å². The second-order valence-corrected chi connectivity index (χ2v) is 4.01. The third kappa shape index (κ3) is 5.30. The zero-order valence-corrected chi connectivity index (χ0v) is 11.2. The zero-order chi connectivity index (χ0) is 17.0. The van der Waals surface area contributed by atoms with Crippen LogP contribution in [0.5, 0.6) is 0 Å². The number of esters is 1. The average Bonchev–Trinajstić information content (AvgIpc) is 2.36. The number of allylic oxidation sites excluding steroid dienone is 1. The SMILES string of the molecule is CCOC(=O)/C=C(/Nc1cccc(C(F)(F)F)c1)C(F)(F)F. The number of benzene rings is 1. The van der Waals surface area contributed by atoms with E-state index >= 15 is 0 Å². The Morgan fingerprint density at radius 3 is 2.36 bits per heavy atom. The predicted octanol–water partition coefficient (Wildman–Crippen LogP) is 4.13.